The first-order valence-corrected chi connectivity index (χ1v) is 9.16. The van der Waals surface area contributed by atoms with Crippen LogP contribution >= 0.6 is 11.6 Å². The topological polar surface area (TPSA) is 107 Å². The normalized spacial score (nSPS) is 15.4. The molecule has 3 rings (SSSR count). The van der Waals surface area contributed by atoms with Gasteiger partial charge in [-0.1, -0.05) is 17.7 Å². The number of rotatable bonds is 6. The van der Waals surface area contributed by atoms with Gasteiger partial charge in [-0.2, -0.15) is 0 Å². The van der Waals surface area contributed by atoms with Crippen LogP contribution in [0.2, 0.25) is 5.02 Å². The second-order valence-corrected chi connectivity index (χ2v) is 7.04. The Kier molecular flexibility index (Phi) is 6.15. The lowest BCUT2D eigenvalue weighted by molar-refractivity contribution is -0.383. The molecular weight excluding hydrogens is 389 g/mol. The number of hydrogen-bond donors (Lipinski definition) is 2. The van der Waals surface area contributed by atoms with Crippen LogP contribution in [0.25, 0.3) is 0 Å². The molecule has 0 atom stereocenters. The molecule has 0 saturated carbocycles. The number of likely N-dealkylation sites (tertiary alicyclic amines) is 1. The quantitative estimate of drug-likeness (QED) is 0.555. The standard InChI is InChI=1S/C18H21ClFN5O3/c1-28-15-3-2-11(8-14(15)20)10-24-6-4-12(5-7-24)23-16-13(19)9-22-18(21)17(16)25(26)27/h2-3,8-9,12H,4-7,10H2,1H3,(H3,21,22,23). The zero-order chi connectivity index (χ0) is 20.3. The highest BCUT2D eigenvalue weighted by molar-refractivity contribution is 6.33. The summed E-state index contributed by atoms with van der Waals surface area (Å²) in [5.74, 6) is -0.327. The minimum atomic E-state index is -0.579. The van der Waals surface area contributed by atoms with Gasteiger partial charge in [-0.25, -0.2) is 9.37 Å². The average Bonchev–Trinajstić information content (AvgIpc) is 2.66. The van der Waals surface area contributed by atoms with Crippen molar-refractivity contribution in [1.82, 2.24) is 9.88 Å². The summed E-state index contributed by atoms with van der Waals surface area (Å²) < 4.78 is 18.8. The molecule has 1 aliphatic rings. The summed E-state index contributed by atoms with van der Waals surface area (Å²) in [5, 5.41) is 14.6. The molecule has 0 bridgehead atoms. The van der Waals surface area contributed by atoms with Crippen LogP contribution in [-0.4, -0.2) is 41.0 Å². The maximum atomic E-state index is 13.8. The third-order valence-electron chi connectivity index (χ3n) is 4.78. The Morgan fingerprint density at radius 3 is 2.79 bits per heavy atom. The number of nitrogen functional groups attached to an aromatic ring is 1. The van der Waals surface area contributed by atoms with Gasteiger partial charge in [-0.15, -0.1) is 0 Å². The molecule has 150 valence electrons. The molecule has 0 unspecified atom stereocenters. The number of nitrogens with two attached hydrogens (primary N) is 1. The van der Waals surface area contributed by atoms with E-state index in [1.54, 1.807) is 6.07 Å². The van der Waals surface area contributed by atoms with Gasteiger partial charge in [0.05, 0.1) is 23.3 Å². The Labute approximate surface area is 166 Å². The van der Waals surface area contributed by atoms with Gasteiger partial charge >= 0.3 is 5.69 Å². The fourth-order valence-corrected chi connectivity index (χ4v) is 3.51. The van der Waals surface area contributed by atoms with E-state index >= 15 is 0 Å². The van der Waals surface area contributed by atoms with Crippen molar-refractivity contribution in [1.29, 1.82) is 0 Å². The number of hydrogen-bond acceptors (Lipinski definition) is 7. The Bertz CT molecular complexity index is 875. The van der Waals surface area contributed by atoms with Crippen LogP contribution in [-0.2, 0) is 6.54 Å². The zero-order valence-electron chi connectivity index (χ0n) is 15.3. The molecule has 8 nitrogen and oxygen atoms in total. The Morgan fingerprint density at radius 1 is 1.46 bits per heavy atom. The van der Waals surface area contributed by atoms with Crippen LogP contribution in [0.1, 0.15) is 18.4 Å². The van der Waals surface area contributed by atoms with Crippen LogP contribution < -0.4 is 15.8 Å². The number of pyridine rings is 1. The van der Waals surface area contributed by atoms with Crippen LogP contribution in [0, 0.1) is 15.9 Å². The average molecular weight is 410 g/mol. The summed E-state index contributed by atoms with van der Waals surface area (Å²) in [6.45, 7) is 2.14. The molecule has 1 aromatic carbocycles. The molecule has 1 saturated heterocycles. The van der Waals surface area contributed by atoms with Gasteiger partial charge in [-0.05, 0) is 30.5 Å². The molecule has 1 fully saturated rings. The molecular formula is C18H21ClFN5O3. The molecule has 28 heavy (non-hydrogen) atoms. The van der Waals surface area contributed by atoms with E-state index in [0.29, 0.717) is 6.54 Å². The first kappa shape index (κ1) is 20.1. The first-order chi connectivity index (χ1) is 13.4. The van der Waals surface area contributed by atoms with Crippen molar-refractivity contribution < 1.29 is 14.1 Å². The molecule has 0 aliphatic carbocycles. The van der Waals surface area contributed by atoms with Crippen molar-refractivity contribution in [2.75, 3.05) is 31.2 Å². The third kappa shape index (κ3) is 4.42. The van der Waals surface area contributed by atoms with E-state index in [1.807, 2.05) is 6.07 Å². The Balaban J connectivity index is 1.61. The summed E-state index contributed by atoms with van der Waals surface area (Å²) in [6.07, 6.45) is 2.82. The number of aromatic nitrogens is 1. The number of halogens is 2. The number of anilines is 2. The SMILES string of the molecule is COc1ccc(CN2CCC(Nc3c(Cl)cnc(N)c3[N+](=O)[O-])CC2)cc1F. The van der Waals surface area contributed by atoms with Crippen molar-refractivity contribution in [3.63, 3.8) is 0 Å². The number of nitrogens with zero attached hydrogens (tertiary/aromatic N) is 3. The van der Waals surface area contributed by atoms with Crippen molar-refractivity contribution in [2.45, 2.75) is 25.4 Å². The predicted octanol–water partition coefficient (Wildman–Crippen LogP) is 3.45. The summed E-state index contributed by atoms with van der Waals surface area (Å²) in [7, 11) is 1.43. The summed E-state index contributed by atoms with van der Waals surface area (Å²) in [4.78, 5) is 16.7. The van der Waals surface area contributed by atoms with E-state index in [9.17, 15) is 14.5 Å². The van der Waals surface area contributed by atoms with E-state index in [-0.39, 0.29) is 39.8 Å². The van der Waals surface area contributed by atoms with Gasteiger partial charge in [0, 0.05) is 25.7 Å². The van der Waals surface area contributed by atoms with Crippen molar-refractivity contribution in [3.05, 3.63) is 50.9 Å². The van der Waals surface area contributed by atoms with E-state index in [1.165, 1.54) is 19.4 Å². The smallest absolute Gasteiger partial charge is 0.335 e. The van der Waals surface area contributed by atoms with Gasteiger partial charge < -0.3 is 15.8 Å². The summed E-state index contributed by atoms with van der Waals surface area (Å²) in [6, 6.07) is 4.96. The van der Waals surface area contributed by atoms with Crippen LogP contribution in [0.15, 0.2) is 24.4 Å². The molecule has 0 spiro atoms. The second-order valence-electron chi connectivity index (χ2n) is 6.64. The minimum Gasteiger partial charge on any atom is -0.494 e. The number of piperidine rings is 1. The van der Waals surface area contributed by atoms with Gasteiger partial charge in [0.2, 0.25) is 5.82 Å². The largest absolute Gasteiger partial charge is 0.494 e. The van der Waals surface area contributed by atoms with Gasteiger partial charge in [0.15, 0.2) is 11.6 Å². The third-order valence-corrected chi connectivity index (χ3v) is 5.06. The van der Waals surface area contributed by atoms with Crippen molar-refractivity contribution >= 4 is 28.8 Å². The monoisotopic (exact) mass is 409 g/mol. The van der Waals surface area contributed by atoms with Crippen LogP contribution in [0.5, 0.6) is 5.75 Å². The molecule has 1 aromatic heterocycles. The number of nitrogens with one attached hydrogen (secondary N) is 1. The summed E-state index contributed by atoms with van der Waals surface area (Å²) in [5.41, 5.74) is 6.41. The fraction of sp³-hybridized carbons (Fsp3) is 0.389. The van der Waals surface area contributed by atoms with Crippen molar-refractivity contribution in [3.8, 4) is 5.75 Å². The van der Waals surface area contributed by atoms with E-state index in [0.717, 1.165) is 31.5 Å². The molecule has 0 amide bonds. The van der Waals surface area contributed by atoms with Gasteiger partial charge in [0.1, 0.15) is 5.69 Å². The minimum absolute atomic E-state index is 0.0156. The number of ether oxygens (including phenoxy) is 1. The predicted molar refractivity (Wildman–Crippen MR) is 105 cm³/mol. The highest BCUT2D eigenvalue weighted by Crippen LogP contribution is 2.36. The van der Waals surface area contributed by atoms with E-state index in [2.05, 4.69) is 15.2 Å². The highest BCUT2D eigenvalue weighted by atomic mass is 35.5. The number of benzene rings is 1. The molecule has 2 aromatic rings. The van der Waals surface area contributed by atoms with Gasteiger partial charge in [-0.3, -0.25) is 15.0 Å². The first-order valence-electron chi connectivity index (χ1n) is 8.78. The van der Waals surface area contributed by atoms with Gasteiger partial charge in [0.25, 0.3) is 0 Å². The molecule has 3 N–H and O–H groups in total. The van der Waals surface area contributed by atoms with Crippen LogP contribution in [0.3, 0.4) is 0 Å². The van der Waals surface area contributed by atoms with Crippen LogP contribution in [0.4, 0.5) is 21.6 Å². The molecule has 1 aliphatic heterocycles. The zero-order valence-corrected chi connectivity index (χ0v) is 16.1. The number of nitro groups is 1. The highest BCUT2D eigenvalue weighted by Gasteiger charge is 2.27. The maximum Gasteiger partial charge on any atom is 0.335 e. The lowest BCUT2D eigenvalue weighted by Crippen LogP contribution is -2.38. The lowest BCUT2D eigenvalue weighted by atomic mass is 10.0. The lowest BCUT2D eigenvalue weighted by Gasteiger charge is -2.33. The Morgan fingerprint density at radius 2 is 2.18 bits per heavy atom. The van der Waals surface area contributed by atoms with E-state index < -0.39 is 4.92 Å². The number of methoxy groups -OCH3 is 1. The van der Waals surface area contributed by atoms with E-state index in [4.69, 9.17) is 22.1 Å². The Hall–Kier alpha value is -2.65. The maximum absolute atomic E-state index is 13.8. The molecule has 0 radical (unpaired) electrons. The summed E-state index contributed by atoms with van der Waals surface area (Å²) >= 11 is 6.10. The second kappa shape index (κ2) is 8.57. The van der Waals surface area contributed by atoms with Crippen molar-refractivity contribution in [2.24, 2.45) is 0 Å². The fourth-order valence-electron chi connectivity index (χ4n) is 3.32. The molecule has 10 heteroatoms. The molecule has 2 heterocycles.